The predicted molar refractivity (Wildman–Crippen MR) is 95.7 cm³/mol. The van der Waals surface area contributed by atoms with Crippen LogP contribution in [0.25, 0.3) is 0 Å². The Hall–Kier alpha value is -2.74. The van der Waals surface area contributed by atoms with Crippen molar-refractivity contribution in [1.29, 1.82) is 0 Å². The topological polar surface area (TPSA) is 67.8 Å². The lowest BCUT2D eigenvalue weighted by molar-refractivity contribution is -0.274. The third kappa shape index (κ3) is 7.47. The molecule has 0 spiro atoms. The second-order valence-corrected chi connectivity index (χ2v) is 8.94. The van der Waals surface area contributed by atoms with Crippen LogP contribution in [0.15, 0.2) is 53.4 Å². The second kappa shape index (κ2) is 7.15. The Balaban J connectivity index is 1.99. The minimum absolute atomic E-state index is 0.0252. The van der Waals surface area contributed by atoms with Gasteiger partial charge in [0.1, 0.15) is 23.0 Å². The molecule has 174 valence electrons. The summed E-state index contributed by atoms with van der Waals surface area (Å²) in [6, 6.07) is 5.36. The molecular weight excluding hydrogens is 466 g/mol. The van der Waals surface area contributed by atoms with Crippen LogP contribution in [0.2, 0.25) is 0 Å². The highest BCUT2D eigenvalue weighted by Gasteiger charge is 2.65. The van der Waals surface area contributed by atoms with Crippen molar-refractivity contribution in [2.75, 3.05) is 11.9 Å². The quantitative estimate of drug-likeness (QED) is 0.476. The third-order valence-electron chi connectivity index (χ3n) is 3.62. The van der Waals surface area contributed by atoms with Gasteiger partial charge >= 0.3 is 16.6 Å². The molecule has 2 rings (SSSR count). The Morgan fingerprint density at radius 2 is 1.42 bits per heavy atom. The molecular formula is C17H15F8NO4S. The van der Waals surface area contributed by atoms with Crippen LogP contribution in [0.5, 0.6) is 11.5 Å². The number of hydrogen-bond acceptors (Lipinski definition) is 4. The van der Waals surface area contributed by atoms with E-state index in [2.05, 4.69) is 4.74 Å². The Bertz CT molecular complexity index is 942. The summed E-state index contributed by atoms with van der Waals surface area (Å²) in [5.74, 6) is -1.69. The van der Waals surface area contributed by atoms with Crippen molar-refractivity contribution < 1.29 is 52.0 Å². The zero-order valence-corrected chi connectivity index (χ0v) is 16.2. The molecule has 0 radical (unpaired) electrons. The lowest BCUT2D eigenvalue weighted by Gasteiger charge is -2.40. The van der Waals surface area contributed by atoms with E-state index in [0.29, 0.717) is 12.1 Å². The fourth-order valence-electron chi connectivity index (χ4n) is 2.09. The largest absolute Gasteiger partial charge is 0.573 e. The SMILES string of the molecule is CC(O)(COc1ccc(OC(F)(F)F)cc1)C(=O)Nc1ccc(S(F)(F)(F)(F)F)cc1. The minimum atomic E-state index is -9.86. The molecule has 0 saturated heterocycles. The third-order valence-corrected chi connectivity index (χ3v) is 4.79. The number of benzene rings is 2. The summed E-state index contributed by atoms with van der Waals surface area (Å²) in [4.78, 5) is 9.98. The molecule has 5 nitrogen and oxygen atoms in total. The number of halogens is 8. The van der Waals surface area contributed by atoms with Crippen LogP contribution in [0.4, 0.5) is 38.3 Å². The fraction of sp³-hybridized carbons (Fsp3) is 0.235. The van der Waals surface area contributed by atoms with Gasteiger partial charge in [-0.3, -0.25) is 4.79 Å². The van der Waals surface area contributed by atoms with Gasteiger partial charge in [0, 0.05) is 5.69 Å². The maximum atomic E-state index is 12.7. The predicted octanol–water partition coefficient (Wildman–Crippen LogP) is 6.01. The van der Waals surface area contributed by atoms with E-state index in [1.165, 1.54) is 0 Å². The van der Waals surface area contributed by atoms with Gasteiger partial charge in [0.15, 0.2) is 5.60 Å². The molecule has 0 heterocycles. The van der Waals surface area contributed by atoms with E-state index in [1.54, 1.807) is 0 Å². The normalized spacial score (nSPS) is 16.5. The van der Waals surface area contributed by atoms with Crippen molar-refractivity contribution >= 4 is 21.8 Å². The van der Waals surface area contributed by atoms with Crippen LogP contribution < -0.4 is 14.8 Å². The number of alkyl halides is 3. The summed E-state index contributed by atoms with van der Waals surface area (Å²) >= 11 is 0. The van der Waals surface area contributed by atoms with Crippen molar-refractivity contribution in [3.05, 3.63) is 48.5 Å². The molecule has 31 heavy (non-hydrogen) atoms. The average molecular weight is 481 g/mol. The lowest BCUT2D eigenvalue weighted by Crippen LogP contribution is -2.45. The smallest absolute Gasteiger partial charge is 0.490 e. The molecule has 0 aliphatic rings. The average Bonchev–Trinajstić information content (AvgIpc) is 2.58. The van der Waals surface area contributed by atoms with Gasteiger partial charge in [-0.1, -0.05) is 19.4 Å². The van der Waals surface area contributed by atoms with Crippen LogP contribution in [0.1, 0.15) is 6.92 Å². The van der Waals surface area contributed by atoms with E-state index in [9.17, 15) is 42.5 Å². The van der Waals surface area contributed by atoms with Gasteiger partial charge in [-0.15, -0.1) is 13.2 Å². The lowest BCUT2D eigenvalue weighted by atomic mass is 10.1. The highest BCUT2D eigenvalue weighted by molar-refractivity contribution is 8.45. The number of hydrogen-bond donors (Lipinski definition) is 2. The van der Waals surface area contributed by atoms with Crippen molar-refractivity contribution in [3.63, 3.8) is 0 Å². The van der Waals surface area contributed by atoms with Gasteiger partial charge < -0.3 is 19.9 Å². The molecule has 1 unspecified atom stereocenters. The van der Waals surface area contributed by atoms with Crippen LogP contribution in [0, 0.1) is 0 Å². The summed E-state index contributed by atoms with van der Waals surface area (Å²) in [5, 5.41) is 12.2. The highest BCUT2D eigenvalue weighted by atomic mass is 32.5. The number of ether oxygens (including phenoxy) is 2. The summed E-state index contributed by atoms with van der Waals surface area (Å²) in [5.41, 5.74) is -2.54. The molecule has 2 N–H and O–H groups in total. The molecule has 1 amide bonds. The second-order valence-electron chi connectivity index (χ2n) is 6.53. The zero-order valence-electron chi connectivity index (χ0n) is 15.4. The number of aliphatic hydroxyl groups is 1. The molecule has 0 aliphatic heterocycles. The van der Waals surface area contributed by atoms with Gasteiger partial charge in [0.05, 0.1) is 0 Å². The number of anilines is 1. The van der Waals surface area contributed by atoms with Gasteiger partial charge in [-0.05, 0) is 55.5 Å². The Kier molecular flexibility index (Phi) is 5.66. The molecule has 2 aromatic carbocycles. The molecule has 0 aliphatic carbocycles. The number of rotatable bonds is 7. The maximum Gasteiger partial charge on any atom is 0.573 e. The Morgan fingerprint density at radius 1 is 0.935 bits per heavy atom. The minimum Gasteiger partial charge on any atom is -0.490 e. The van der Waals surface area contributed by atoms with Crippen LogP contribution in [-0.4, -0.2) is 29.6 Å². The number of carbonyl (C=O) groups excluding carboxylic acids is 1. The van der Waals surface area contributed by atoms with Crippen LogP contribution >= 0.6 is 10.2 Å². The maximum absolute atomic E-state index is 12.7. The molecule has 2 aromatic rings. The first-order valence-electron chi connectivity index (χ1n) is 8.12. The van der Waals surface area contributed by atoms with Crippen LogP contribution in [0.3, 0.4) is 0 Å². The molecule has 14 heteroatoms. The summed E-state index contributed by atoms with van der Waals surface area (Å²) in [6.45, 7) is 0.300. The van der Waals surface area contributed by atoms with Crippen molar-refractivity contribution in [2.24, 2.45) is 0 Å². The number of carbonyl (C=O) groups is 1. The molecule has 1 atom stereocenters. The van der Waals surface area contributed by atoms with E-state index >= 15 is 0 Å². The molecule has 0 bridgehead atoms. The van der Waals surface area contributed by atoms with Crippen molar-refractivity contribution in [2.45, 2.75) is 23.8 Å². The Morgan fingerprint density at radius 3 is 1.87 bits per heavy atom. The van der Waals surface area contributed by atoms with Gasteiger partial charge in [-0.25, -0.2) is 0 Å². The summed E-state index contributed by atoms with van der Waals surface area (Å²) < 4.78 is 109. The van der Waals surface area contributed by atoms with E-state index in [4.69, 9.17) is 4.74 Å². The van der Waals surface area contributed by atoms with E-state index < -0.39 is 45.3 Å². The first-order valence-corrected chi connectivity index (χ1v) is 10.1. The van der Waals surface area contributed by atoms with Gasteiger partial charge in [0.25, 0.3) is 5.91 Å². The van der Waals surface area contributed by atoms with E-state index in [-0.39, 0.29) is 23.6 Å². The summed E-state index contributed by atoms with van der Waals surface area (Å²) in [7, 11) is -9.86. The first kappa shape index (κ1) is 24.5. The molecule has 0 saturated carbocycles. The first-order chi connectivity index (χ1) is 13.7. The van der Waals surface area contributed by atoms with E-state index in [0.717, 1.165) is 31.2 Å². The number of nitrogens with one attached hydrogen (secondary N) is 1. The van der Waals surface area contributed by atoms with Crippen LogP contribution in [-0.2, 0) is 4.79 Å². The molecule has 0 fully saturated rings. The number of amides is 1. The van der Waals surface area contributed by atoms with Crippen molar-refractivity contribution in [1.82, 2.24) is 0 Å². The monoisotopic (exact) mass is 481 g/mol. The van der Waals surface area contributed by atoms with Crippen molar-refractivity contribution in [3.8, 4) is 11.5 Å². The van der Waals surface area contributed by atoms with E-state index in [1.807, 2.05) is 5.32 Å². The molecule has 0 aromatic heterocycles. The summed E-state index contributed by atoms with van der Waals surface area (Å²) in [6.07, 6.45) is -4.89. The van der Waals surface area contributed by atoms with Gasteiger partial charge in [0.2, 0.25) is 0 Å². The zero-order chi connectivity index (χ0) is 23.8. The highest BCUT2D eigenvalue weighted by Crippen LogP contribution is 3.02. The Labute approximate surface area is 170 Å². The standard InChI is InChI=1S/C17H15F8NO4S/c1-16(28,10-29-12-4-6-13(7-5-12)30-17(18,19)20)15(27)26-11-2-8-14(9-3-11)31(21,22,23,24)25/h2-9,28H,10H2,1H3,(H,26,27). The van der Waals surface area contributed by atoms with Gasteiger partial charge in [-0.2, -0.15) is 0 Å². The fourth-order valence-corrected chi connectivity index (χ4v) is 2.74.